The normalized spacial score (nSPS) is 10.5. The average molecular weight is 1490 g/mol. The monoisotopic (exact) mass is 1490 g/mol. The van der Waals surface area contributed by atoms with Gasteiger partial charge in [0.15, 0.2) is 0 Å². The molecule has 16 aromatic rings. The minimum absolute atomic E-state index is 0. The van der Waals surface area contributed by atoms with E-state index in [0.717, 1.165) is 0 Å². The molecule has 0 spiro atoms. The third kappa shape index (κ3) is 19.4. The van der Waals surface area contributed by atoms with Crippen LogP contribution in [0.4, 0.5) is 0 Å². The van der Waals surface area contributed by atoms with E-state index in [4.69, 9.17) is 0 Å². The van der Waals surface area contributed by atoms with Gasteiger partial charge in [-0.2, -0.15) is 24.3 Å². The van der Waals surface area contributed by atoms with Gasteiger partial charge in [0.05, 0.1) is 0 Å². The van der Waals surface area contributed by atoms with E-state index in [1.54, 1.807) is 0 Å². The summed E-state index contributed by atoms with van der Waals surface area (Å²) < 4.78 is 2.83. The number of benzene rings is 12. The van der Waals surface area contributed by atoms with Gasteiger partial charge in [-0.15, -0.1) is 137 Å². The second-order valence-electron chi connectivity index (χ2n) is 25.8. The first-order chi connectivity index (χ1) is 47.8. The zero-order valence-corrected chi connectivity index (χ0v) is 64.8. The fraction of sp³-hybridized carbons (Fsp3) is 0.104. The zero-order valence-electron chi connectivity index (χ0n) is 58.4. The Hall–Kier alpha value is -8.83. The Morgan fingerprint density at radius 3 is 0.770 bits per heavy atom. The molecule has 0 saturated heterocycles. The second kappa shape index (κ2) is 37.0. The third-order valence-electron chi connectivity index (χ3n) is 18.0. The molecular formula is C96H84Cl2Zr2-2. The average Bonchev–Trinajstić information content (AvgIpc) is 1.64. The van der Waals surface area contributed by atoms with Gasteiger partial charge in [0.1, 0.15) is 0 Å². The van der Waals surface area contributed by atoms with Crippen molar-refractivity contribution in [2.45, 2.75) is 67.2 Å². The van der Waals surface area contributed by atoms with Crippen LogP contribution in [0.2, 0.25) is 0 Å². The predicted octanol–water partition coefficient (Wildman–Crippen LogP) is 20.0. The van der Waals surface area contributed by atoms with Crippen molar-refractivity contribution >= 4 is 49.5 Å². The molecule has 0 atom stereocenters. The topological polar surface area (TPSA) is 0 Å². The van der Waals surface area contributed by atoms with Crippen LogP contribution in [0.25, 0.3) is 87.6 Å². The SMILES string of the molecule is CC(C)c1cc2c(-c3ccccc3)cccc2[cH-]1.CC(C)c1cc2c(-c3ccccc3)cccc2[cH-]1.Cc1cc2c(-c3ccccc3)ccc(C)c2[cH-]1.Cc1cc2c(-c3ccccc3)ccc(C)c2[cH-]1.[Cl-].[Cl-].[Zr+2]=[C](c1ccccc1)c1ccccc1.[Zr+2]=[C](c1ccccc1)c1ccccc1. The van der Waals surface area contributed by atoms with Gasteiger partial charge in [0.2, 0.25) is 0 Å². The molecule has 16 rings (SSSR count). The molecule has 0 N–H and O–H groups in total. The summed E-state index contributed by atoms with van der Waals surface area (Å²) in [6, 6.07) is 125. The summed E-state index contributed by atoms with van der Waals surface area (Å²) >= 11 is 2.92. The first-order valence-corrected chi connectivity index (χ1v) is 36.6. The van der Waals surface area contributed by atoms with Crippen LogP contribution in [0, 0.1) is 27.7 Å². The van der Waals surface area contributed by atoms with Crippen LogP contribution in [-0.2, 0) is 48.5 Å². The van der Waals surface area contributed by atoms with Gasteiger partial charge in [-0.25, -0.2) is 0 Å². The minimum atomic E-state index is 0. The Morgan fingerprint density at radius 1 is 0.260 bits per heavy atom. The van der Waals surface area contributed by atoms with E-state index in [1.165, 1.54) is 198 Å². The number of hydrogen-bond acceptors (Lipinski definition) is 0. The maximum atomic E-state index is 2.34. The van der Waals surface area contributed by atoms with Crippen LogP contribution in [0.15, 0.2) is 352 Å². The van der Waals surface area contributed by atoms with E-state index in [1.807, 2.05) is 0 Å². The summed E-state index contributed by atoms with van der Waals surface area (Å²) in [4.78, 5) is 0. The molecule has 4 heteroatoms. The Kier molecular flexibility index (Phi) is 27.9. The number of aryl methyl sites for hydroxylation is 4. The molecule has 16 aromatic carbocycles. The van der Waals surface area contributed by atoms with E-state index < -0.39 is 0 Å². The first-order valence-electron chi connectivity index (χ1n) is 34.1. The molecule has 0 saturated carbocycles. The Bertz CT molecular complexity index is 4760. The summed E-state index contributed by atoms with van der Waals surface area (Å²) in [5.41, 5.74) is 24.1. The van der Waals surface area contributed by atoms with Gasteiger partial charge < -0.3 is 24.8 Å². The summed E-state index contributed by atoms with van der Waals surface area (Å²) in [6.45, 7) is 17.7. The van der Waals surface area contributed by atoms with Crippen molar-refractivity contribution in [3.8, 4) is 44.5 Å². The van der Waals surface area contributed by atoms with Crippen molar-refractivity contribution in [1.82, 2.24) is 0 Å². The molecule has 0 unspecified atom stereocenters. The Balaban J connectivity index is 0.000000140. The van der Waals surface area contributed by atoms with Gasteiger partial charge in [-0.1, -0.05) is 223 Å². The van der Waals surface area contributed by atoms with E-state index >= 15 is 0 Å². The second-order valence-corrected chi connectivity index (χ2v) is 28.2. The van der Waals surface area contributed by atoms with Crippen LogP contribution >= 0.6 is 0 Å². The van der Waals surface area contributed by atoms with Crippen molar-refractivity contribution in [2.75, 3.05) is 0 Å². The molecule has 0 amide bonds. The molecule has 0 nitrogen and oxygen atoms in total. The molecule has 0 aliphatic carbocycles. The molecule has 0 aliphatic heterocycles. The zero-order chi connectivity index (χ0) is 68.3. The summed E-state index contributed by atoms with van der Waals surface area (Å²) in [6.07, 6.45) is 0. The van der Waals surface area contributed by atoms with Crippen LogP contribution in [0.3, 0.4) is 0 Å². The van der Waals surface area contributed by atoms with E-state index in [2.05, 4.69) is 407 Å². The summed E-state index contributed by atoms with van der Waals surface area (Å²) in [7, 11) is 0. The molecule has 0 fully saturated rings. The predicted molar refractivity (Wildman–Crippen MR) is 419 cm³/mol. The van der Waals surface area contributed by atoms with Crippen molar-refractivity contribution in [2.24, 2.45) is 0 Å². The van der Waals surface area contributed by atoms with E-state index in [0.29, 0.717) is 11.8 Å². The first kappa shape index (κ1) is 75.4. The quantitative estimate of drug-likeness (QED) is 0.120. The van der Waals surface area contributed by atoms with Crippen molar-refractivity contribution in [3.05, 3.63) is 407 Å². The molecule has 0 aliphatic rings. The standard InChI is InChI=1S/2C18H17.2C17H15.2C13H10.2ClH.2Zr/c2*1-13(2)16-11-15-9-6-10-17(18(15)12-16)14-7-4-3-5-8-14;2*1-12-10-16-13(2)8-9-15(17(16)11-12)14-6-4-3-5-7-14;2*1-3-7-12(8-4-1)11-13-9-5-2-6-10-13;;;;/h2*3-13H,1-2H3;2*3-11H,1-2H3;2*1-10H;2*1H;;/q4*-1;;;;;2*+2/p-2. The van der Waals surface area contributed by atoms with Gasteiger partial charge in [0.25, 0.3) is 0 Å². The van der Waals surface area contributed by atoms with Crippen molar-refractivity contribution in [3.63, 3.8) is 0 Å². The number of halogens is 2. The Labute approximate surface area is 636 Å². The van der Waals surface area contributed by atoms with Crippen molar-refractivity contribution < 1.29 is 73.3 Å². The summed E-state index contributed by atoms with van der Waals surface area (Å²) in [5.74, 6) is 1.17. The molecule has 0 bridgehead atoms. The van der Waals surface area contributed by atoms with Crippen LogP contribution in [0.1, 0.15) is 95.2 Å². The third-order valence-corrected chi connectivity index (χ3v) is 20.8. The molecule has 492 valence electrons. The number of hydrogen-bond donors (Lipinski definition) is 0. The molecule has 0 radical (unpaired) electrons. The maximum absolute atomic E-state index is 2.34. The van der Waals surface area contributed by atoms with Gasteiger partial charge in [-0.3, -0.25) is 0 Å². The molecular weight excluding hydrogens is 1410 g/mol. The Morgan fingerprint density at radius 2 is 0.510 bits per heavy atom. The van der Waals surface area contributed by atoms with Crippen molar-refractivity contribution in [1.29, 1.82) is 0 Å². The fourth-order valence-corrected chi connectivity index (χ4v) is 14.2. The van der Waals surface area contributed by atoms with Crippen LogP contribution in [0.5, 0.6) is 0 Å². The van der Waals surface area contributed by atoms with Crippen LogP contribution < -0.4 is 24.8 Å². The number of rotatable bonds is 10. The van der Waals surface area contributed by atoms with Gasteiger partial charge >= 0.3 is 198 Å². The fourth-order valence-electron chi connectivity index (χ4n) is 12.6. The summed E-state index contributed by atoms with van der Waals surface area (Å²) in [5, 5.41) is 10.9. The molecule has 100 heavy (non-hydrogen) atoms. The van der Waals surface area contributed by atoms with Gasteiger partial charge in [-0.05, 0) is 34.1 Å². The van der Waals surface area contributed by atoms with E-state index in [-0.39, 0.29) is 24.8 Å². The van der Waals surface area contributed by atoms with Crippen LogP contribution in [-0.4, -0.2) is 6.41 Å². The van der Waals surface area contributed by atoms with E-state index in [9.17, 15) is 0 Å². The molecule has 0 aromatic heterocycles. The number of fused-ring (bicyclic) bond motifs is 4. The van der Waals surface area contributed by atoms with Gasteiger partial charge in [0, 0.05) is 0 Å². The molecule has 0 heterocycles.